The molecule has 0 saturated carbocycles. The van der Waals surface area contributed by atoms with Gasteiger partial charge in [-0.05, 0) is 0 Å². The second-order valence-corrected chi connectivity index (χ2v) is 4.19. The molecule has 0 saturated heterocycles. The first-order valence-electron chi connectivity index (χ1n) is 5.22. The Morgan fingerprint density at radius 2 is 0.542 bits per heavy atom. The minimum atomic E-state index is -6.58. The van der Waals surface area contributed by atoms with Crippen molar-refractivity contribution in [3.05, 3.63) is 22.3 Å². The van der Waals surface area contributed by atoms with Crippen molar-refractivity contribution >= 4 is 0 Å². The van der Waals surface area contributed by atoms with Crippen LogP contribution in [0, 0.1) is 0 Å². The third kappa shape index (κ3) is 3.40. The third-order valence-electron chi connectivity index (χ3n) is 2.58. The van der Waals surface area contributed by atoms with E-state index in [0.29, 0.717) is 0 Å². The van der Waals surface area contributed by atoms with E-state index in [-0.39, 0.29) is 0 Å². The molecule has 1 aromatic rings. The van der Waals surface area contributed by atoms with Crippen LogP contribution in [0.15, 0.2) is 0 Å². The topological polar surface area (TPSA) is 40.5 Å². The molecule has 0 aliphatic rings. The maximum atomic E-state index is 12.7. The summed E-state index contributed by atoms with van der Waals surface area (Å²) in [7, 11) is 0. The van der Waals surface area contributed by atoms with Crippen LogP contribution in [-0.2, 0) is 24.7 Å². The quantitative estimate of drug-likeness (QED) is 0.480. The zero-order chi connectivity index (χ0) is 19.5. The van der Waals surface area contributed by atoms with Crippen LogP contribution >= 0.6 is 0 Å². The van der Waals surface area contributed by atoms with Crippen LogP contribution in [0.4, 0.5) is 52.7 Å². The van der Waals surface area contributed by atoms with Crippen molar-refractivity contribution in [3.63, 3.8) is 0 Å². The van der Waals surface area contributed by atoms with E-state index in [2.05, 4.69) is 0 Å². The maximum absolute atomic E-state index is 12.7. The normalized spacial score (nSPS) is 14.2. The highest BCUT2D eigenvalue weighted by molar-refractivity contribution is 5.62. The lowest BCUT2D eigenvalue weighted by molar-refractivity contribution is -0.183. The van der Waals surface area contributed by atoms with Gasteiger partial charge in [0.2, 0.25) is 0 Å². The van der Waals surface area contributed by atoms with Gasteiger partial charge in [0.05, 0.1) is 11.1 Å². The standard InChI is InChI=1S/C10H2F12O2/c11-7(12,13)1-2(8(14,15)16)4(10(20,21)22)6(24)5(23)3(1)9(17,18)19/h23-24H. The van der Waals surface area contributed by atoms with Crippen LogP contribution < -0.4 is 0 Å². The zero-order valence-corrected chi connectivity index (χ0v) is 10.4. The first-order chi connectivity index (χ1) is 10.3. The number of hydrogen-bond acceptors (Lipinski definition) is 2. The number of phenolic OH excluding ortho intramolecular Hbond substituents is 2. The van der Waals surface area contributed by atoms with Gasteiger partial charge in [0, 0.05) is 0 Å². The highest BCUT2D eigenvalue weighted by atomic mass is 19.4. The molecule has 2 N–H and O–H groups in total. The van der Waals surface area contributed by atoms with Gasteiger partial charge in [-0.1, -0.05) is 0 Å². The van der Waals surface area contributed by atoms with E-state index in [9.17, 15) is 52.7 Å². The van der Waals surface area contributed by atoms with Gasteiger partial charge in [0.15, 0.2) is 11.5 Å². The van der Waals surface area contributed by atoms with Crippen molar-refractivity contribution in [2.45, 2.75) is 24.7 Å². The number of alkyl halides is 12. The van der Waals surface area contributed by atoms with Gasteiger partial charge in [0.25, 0.3) is 0 Å². The molecule has 0 fully saturated rings. The van der Waals surface area contributed by atoms with Crippen LogP contribution in [0.1, 0.15) is 22.3 Å². The molecule has 0 spiro atoms. The molecule has 0 aliphatic heterocycles. The molecule has 0 radical (unpaired) electrons. The highest BCUT2D eigenvalue weighted by Crippen LogP contribution is 2.57. The first kappa shape index (κ1) is 20.0. The summed E-state index contributed by atoms with van der Waals surface area (Å²) in [6.45, 7) is 0. The minimum Gasteiger partial charge on any atom is -0.504 e. The number of hydrogen-bond donors (Lipinski definition) is 2. The zero-order valence-electron chi connectivity index (χ0n) is 10.4. The van der Waals surface area contributed by atoms with E-state index in [1.807, 2.05) is 0 Å². The van der Waals surface area contributed by atoms with Gasteiger partial charge in [-0.3, -0.25) is 0 Å². The van der Waals surface area contributed by atoms with E-state index in [1.165, 1.54) is 0 Å². The van der Waals surface area contributed by atoms with Crippen molar-refractivity contribution < 1.29 is 62.9 Å². The summed E-state index contributed by atoms with van der Waals surface area (Å²) >= 11 is 0. The predicted molar refractivity (Wildman–Crippen MR) is 49.8 cm³/mol. The third-order valence-corrected chi connectivity index (χ3v) is 2.58. The van der Waals surface area contributed by atoms with Crippen LogP contribution in [-0.4, -0.2) is 10.2 Å². The summed E-state index contributed by atoms with van der Waals surface area (Å²) in [6, 6.07) is 0. The van der Waals surface area contributed by atoms with Crippen molar-refractivity contribution in [1.29, 1.82) is 0 Å². The lowest BCUT2D eigenvalue weighted by Gasteiger charge is -2.26. The minimum absolute atomic E-state index is 3.02. The number of phenols is 2. The van der Waals surface area contributed by atoms with Gasteiger partial charge in [-0.25, -0.2) is 0 Å². The molecule has 1 aromatic carbocycles. The van der Waals surface area contributed by atoms with Crippen LogP contribution in [0.5, 0.6) is 11.5 Å². The monoisotopic (exact) mass is 382 g/mol. The molecule has 0 atom stereocenters. The Bertz CT molecular complexity index is 589. The Labute approximate surface area is 122 Å². The summed E-state index contributed by atoms with van der Waals surface area (Å²) in [5, 5.41) is 17.7. The van der Waals surface area contributed by atoms with Crippen molar-refractivity contribution in [2.75, 3.05) is 0 Å². The molecule has 1 rings (SSSR count). The van der Waals surface area contributed by atoms with Gasteiger partial charge in [0.1, 0.15) is 11.1 Å². The molecule has 0 aromatic heterocycles. The molecule has 138 valence electrons. The summed E-state index contributed by atoms with van der Waals surface area (Å²) in [5.41, 5.74) is -14.6. The molecule has 0 aliphatic carbocycles. The predicted octanol–water partition coefficient (Wildman–Crippen LogP) is 5.17. The second-order valence-electron chi connectivity index (χ2n) is 4.19. The summed E-state index contributed by atoms with van der Waals surface area (Å²) in [4.78, 5) is 0. The fourth-order valence-electron chi connectivity index (χ4n) is 1.84. The fourth-order valence-corrected chi connectivity index (χ4v) is 1.84. The van der Waals surface area contributed by atoms with Crippen LogP contribution in [0.25, 0.3) is 0 Å². The first-order valence-corrected chi connectivity index (χ1v) is 5.22. The van der Waals surface area contributed by atoms with Gasteiger partial charge < -0.3 is 10.2 Å². The lowest BCUT2D eigenvalue weighted by atomic mass is 9.92. The highest BCUT2D eigenvalue weighted by Gasteiger charge is 2.58. The molecule has 0 bridgehead atoms. The number of aromatic hydroxyl groups is 2. The molecule has 2 nitrogen and oxygen atoms in total. The van der Waals surface area contributed by atoms with E-state index in [0.717, 1.165) is 0 Å². The van der Waals surface area contributed by atoms with Crippen LogP contribution in [0.2, 0.25) is 0 Å². The largest absolute Gasteiger partial charge is 0.504 e. The summed E-state index contributed by atoms with van der Waals surface area (Å²) in [5.74, 6) is -6.04. The molecule has 14 heteroatoms. The van der Waals surface area contributed by atoms with Crippen LogP contribution in [0.3, 0.4) is 0 Å². The molecular weight excluding hydrogens is 380 g/mol. The number of rotatable bonds is 0. The Balaban J connectivity index is 4.34. The van der Waals surface area contributed by atoms with Gasteiger partial charge >= 0.3 is 24.7 Å². The smallest absolute Gasteiger partial charge is 0.420 e. The van der Waals surface area contributed by atoms with Gasteiger partial charge in [-0.15, -0.1) is 0 Å². The molecule has 0 amide bonds. The average Bonchev–Trinajstić information content (AvgIpc) is 2.25. The van der Waals surface area contributed by atoms with E-state index < -0.39 is 58.5 Å². The Morgan fingerprint density at radius 1 is 0.375 bits per heavy atom. The molecular formula is C10H2F12O2. The SMILES string of the molecule is Oc1c(O)c(C(F)(F)F)c(C(F)(F)F)c(C(F)(F)F)c1C(F)(F)F. The second kappa shape index (κ2) is 5.24. The molecule has 0 unspecified atom stereocenters. The van der Waals surface area contributed by atoms with E-state index >= 15 is 0 Å². The summed E-state index contributed by atoms with van der Waals surface area (Å²) in [6.07, 6.45) is -25.9. The average molecular weight is 382 g/mol. The Morgan fingerprint density at radius 3 is 0.667 bits per heavy atom. The van der Waals surface area contributed by atoms with Gasteiger partial charge in [-0.2, -0.15) is 52.7 Å². The lowest BCUT2D eigenvalue weighted by Crippen LogP contribution is -2.27. The fraction of sp³-hybridized carbons (Fsp3) is 0.400. The number of halogens is 12. The van der Waals surface area contributed by atoms with Crippen molar-refractivity contribution in [1.82, 2.24) is 0 Å². The van der Waals surface area contributed by atoms with Crippen molar-refractivity contribution in [2.24, 2.45) is 0 Å². The Kier molecular flexibility index (Phi) is 4.37. The Hall–Kier alpha value is -2.02. The maximum Gasteiger partial charge on any atom is 0.420 e. The van der Waals surface area contributed by atoms with E-state index in [1.54, 1.807) is 0 Å². The molecule has 0 heterocycles. The van der Waals surface area contributed by atoms with Crippen molar-refractivity contribution in [3.8, 4) is 11.5 Å². The summed E-state index contributed by atoms with van der Waals surface area (Å²) < 4.78 is 152. The molecule has 24 heavy (non-hydrogen) atoms. The van der Waals surface area contributed by atoms with E-state index in [4.69, 9.17) is 10.2 Å². The number of benzene rings is 1.